The molecule has 1 aliphatic rings. The van der Waals surface area contributed by atoms with Crippen LogP contribution < -0.4 is 5.32 Å². The quantitative estimate of drug-likeness (QED) is 0.833. The standard InChI is InChI=1S/C20H27N3O4/c1-18(2,3)26-17(24)22-20(11-8-12-20)16-21-15(27-23-16)13-19(4,25)14-9-6-5-7-10-14/h5-7,9-10,25H,8,11-13H2,1-4H3,(H,22,24)/t19-/m1/s1. The van der Waals surface area contributed by atoms with Crippen LogP contribution in [0.15, 0.2) is 34.9 Å². The molecule has 0 spiro atoms. The summed E-state index contributed by atoms with van der Waals surface area (Å²) >= 11 is 0. The molecule has 0 bridgehead atoms. The molecule has 0 aliphatic heterocycles. The average molecular weight is 373 g/mol. The van der Waals surface area contributed by atoms with Crippen molar-refractivity contribution in [2.24, 2.45) is 0 Å². The first-order valence-electron chi connectivity index (χ1n) is 9.22. The summed E-state index contributed by atoms with van der Waals surface area (Å²) in [5.41, 5.74) is -1.60. The SMILES string of the molecule is CC(C)(C)OC(=O)NC1(c2noc(C[C@@](C)(O)c3ccccc3)n2)CCC1. The van der Waals surface area contributed by atoms with Gasteiger partial charge in [-0.25, -0.2) is 4.79 Å². The number of aromatic nitrogens is 2. The van der Waals surface area contributed by atoms with Gasteiger partial charge in [0.25, 0.3) is 0 Å². The first-order valence-corrected chi connectivity index (χ1v) is 9.22. The molecule has 1 heterocycles. The predicted molar refractivity (Wildman–Crippen MR) is 98.9 cm³/mol. The van der Waals surface area contributed by atoms with Crippen LogP contribution in [-0.4, -0.2) is 26.9 Å². The number of nitrogens with zero attached hydrogens (tertiary/aromatic N) is 2. The van der Waals surface area contributed by atoms with E-state index in [1.165, 1.54) is 0 Å². The Morgan fingerprint density at radius 2 is 1.93 bits per heavy atom. The van der Waals surface area contributed by atoms with Crippen molar-refractivity contribution < 1.29 is 19.2 Å². The highest BCUT2D eigenvalue weighted by Gasteiger charge is 2.45. The number of ether oxygens (including phenoxy) is 1. The number of hydrogen-bond acceptors (Lipinski definition) is 6. The Labute approximate surface area is 159 Å². The second-order valence-electron chi connectivity index (χ2n) is 8.39. The fraction of sp³-hybridized carbons (Fsp3) is 0.550. The lowest BCUT2D eigenvalue weighted by atomic mass is 9.76. The Morgan fingerprint density at radius 3 is 2.48 bits per heavy atom. The number of nitrogens with one attached hydrogen (secondary N) is 1. The van der Waals surface area contributed by atoms with E-state index in [9.17, 15) is 9.90 Å². The van der Waals surface area contributed by atoms with E-state index in [1.807, 2.05) is 51.1 Å². The van der Waals surface area contributed by atoms with Crippen molar-refractivity contribution in [3.8, 4) is 0 Å². The molecule has 2 aromatic rings. The lowest BCUT2D eigenvalue weighted by Gasteiger charge is -2.39. The van der Waals surface area contributed by atoms with Gasteiger partial charge in [-0.2, -0.15) is 4.98 Å². The molecular formula is C20H27N3O4. The molecule has 1 aromatic heterocycles. The van der Waals surface area contributed by atoms with E-state index in [4.69, 9.17) is 9.26 Å². The molecule has 3 rings (SSSR count). The molecule has 7 heteroatoms. The topological polar surface area (TPSA) is 97.5 Å². The largest absolute Gasteiger partial charge is 0.444 e. The molecular weight excluding hydrogens is 346 g/mol. The third kappa shape index (κ3) is 4.47. The average Bonchev–Trinajstić information content (AvgIpc) is 2.98. The van der Waals surface area contributed by atoms with Crippen LogP contribution in [0.1, 0.15) is 64.2 Å². The maximum absolute atomic E-state index is 12.2. The number of aliphatic hydroxyl groups is 1. The van der Waals surface area contributed by atoms with Crippen molar-refractivity contribution in [1.29, 1.82) is 0 Å². The predicted octanol–water partition coefficient (Wildman–Crippen LogP) is 3.42. The normalized spacial score (nSPS) is 18.3. The van der Waals surface area contributed by atoms with Gasteiger partial charge < -0.3 is 19.7 Å². The molecule has 1 fully saturated rings. The van der Waals surface area contributed by atoms with Crippen LogP contribution in [0.2, 0.25) is 0 Å². The maximum atomic E-state index is 12.2. The smallest absolute Gasteiger partial charge is 0.408 e. The van der Waals surface area contributed by atoms with Gasteiger partial charge in [0.1, 0.15) is 11.1 Å². The molecule has 1 saturated carbocycles. The van der Waals surface area contributed by atoms with E-state index in [0.29, 0.717) is 11.7 Å². The molecule has 0 radical (unpaired) electrons. The highest BCUT2D eigenvalue weighted by Crippen LogP contribution is 2.40. The van der Waals surface area contributed by atoms with Crippen molar-refractivity contribution in [3.63, 3.8) is 0 Å². The van der Waals surface area contributed by atoms with Crippen LogP contribution in [0.5, 0.6) is 0 Å². The summed E-state index contributed by atoms with van der Waals surface area (Å²) in [4.78, 5) is 16.7. The second-order valence-corrected chi connectivity index (χ2v) is 8.39. The maximum Gasteiger partial charge on any atom is 0.408 e. The third-order valence-corrected chi connectivity index (χ3v) is 4.73. The molecule has 1 amide bonds. The van der Waals surface area contributed by atoms with Crippen molar-refractivity contribution in [2.75, 3.05) is 0 Å². The van der Waals surface area contributed by atoms with Crippen molar-refractivity contribution in [1.82, 2.24) is 15.5 Å². The van der Waals surface area contributed by atoms with E-state index in [0.717, 1.165) is 24.8 Å². The number of carbonyl (C=O) groups excluding carboxylic acids is 1. The van der Waals surface area contributed by atoms with Gasteiger partial charge >= 0.3 is 6.09 Å². The van der Waals surface area contributed by atoms with Gasteiger partial charge in [-0.05, 0) is 52.5 Å². The molecule has 146 valence electrons. The molecule has 0 unspecified atom stereocenters. The van der Waals surface area contributed by atoms with Crippen molar-refractivity contribution >= 4 is 6.09 Å². The number of alkyl carbamates (subject to hydrolysis) is 1. The first-order chi connectivity index (χ1) is 12.6. The molecule has 27 heavy (non-hydrogen) atoms. The van der Waals surface area contributed by atoms with Crippen LogP contribution in [-0.2, 0) is 22.3 Å². The Balaban J connectivity index is 1.73. The van der Waals surface area contributed by atoms with Crippen molar-refractivity contribution in [2.45, 2.75) is 70.1 Å². The molecule has 7 nitrogen and oxygen atoms in total. The van der Waals surface area contributed by atoms with E-state index < -0.39 is 22.8 Å². The fourth-order valence-corrected chi connectivity index (χ4v) is 3.15. The number of amides is 1. The van der Waals surface area contributed by atoms with Gasteiger partial charge in [-0.3, -0.25) is 0 Å². The number of benzene rings is 1. The van der Waals surface area contributed by atoms with E-state index >= 15 is 0 Å². The van der Waals surface area contributed by atoms with Gasteiger partial charge in [0.05, 0.1) is 12.0 Å². The number of hydrogen-bond donors (Lipinski definition) is 2. The first kappa shape index (κ1) is 19.4. The molecule has 1 aliphatic carbocycles. The summed E-state index contributed by atoms with van der Waals surface area (Å²) in [6.07, 6.45) is 2.10. The van der Waals surface area contributed by atoms with E-state index in [-0.39, 0.29) is 6.42 Å². The molecule has 1 aromatic carbocycles. The lowest BCUT2D eigenvalue weighted by Crippen LogP contribution is -2.52. The van der Waals surface area contributed by atoms with E-state index in [2.05, 4.69) is 15.5 Å². The number of rotatable bonds is 5. The van der Waals surface area contributed by atoms with Crippen LogP contribution >= 0.6 is 0 Å². The zero-order valence-electron chi connectivity index (χ0n) is 16.3. The minimum absolute atomic E-state index is 0.187. The molecule has 0 saturated heterocycles. The van der Waals surface area contributed by atoms with Crippen LogP contribution in [0.4, 0.5) is 4.79 Å². The lowest BCUT2D eigenvalue weighted by molar-refractivity contribution is 0.0361. The van der Waals surface area contributed by atoms with Crippen LogP contribution in [0.25, 0.3) is 0 Å². The molecule has 1 atom stereocenters. The minimum atomic E-state index is -1.13. The Bertz CT molecular complexity index is 789. The Morgan fingerprint density at radius 1 is 1.26 bits per heavy atom. The van der Waals surface area contributed by atoms with Gasteiger partial charge in [0, 0.05) is 0 Å². The Kier molecular flexibility index (Phi) is 4.99. The zero-order chi connectivity index (χ0) is 19.7. The van der Waals surface area contributed by atoms with Gasteiger partial charge in [0.2, 0.25) is 5.89 Å². The summed E-state index contributed by atoms with van der Waals surface area (Å²) in [6, 6.07) is 9.35. The summed E-state index contributed by atoms with van der Waals surface area (Å²) in [5.74, 6) is 0.759. The van der Waals surface area contributed by atoms with E-state index in [1.54, 1.807) is 6.92 Å². The van der Waals surface area contributed by atoms with Crippen molar-refractivity contribution in [3.05, 3.63) is 47.6 Å². The third-order valence-electron chi connectivity index (χ3n) is 4.73. The summed E-state index contributed by atoms with van der Waals surface area (Å²) in [5, 5.41) is 17.8. The highest BCUT2D eigenvalue weighted by molar-refractivity contribution is 5.69. The van der Waals surface area contributed by atoms with Gasteiger partial charge in [-0.1, -0.05) is 35.5 Å². The Hall–Kier alpha value is -2.41. The van der Waals surface area contributed by atoms with Gasteiger partial charge in [0.15, 0.2) is 5.82 Å². The summed E-state index contributed by atoms with van der Waals surface area (Å²) in [6.45, 7) is 7.17. The monoisotopic (exact) mass is 373 g/mol. The molecule has 2 N–H and O–H groups in total. The number of carbonyl (C=O) groups is 1. The van der Waals surface area contributed by atoms with Crippen LogP contribution in [0.3, 0.4) is 0 Å². The van der Waals surface area contributed by atoms with Gasteiger partial charge in [-0.15, -0.1) is 0 Å². The summed E-state index contributed by atoms with van der Waals surface area (Å²) < 4.78 is 10.7. The fourth-order valence-electron chi connectivity index (χ4n) is 3.15. The van der Waals surface area contributed by atoms with Crippen LogP contribution in [0, 0.1) is 0 Å². The summed E-state index contributed by atoms with van der Waals surface area (Å²) in [7, 11) is 0. The minimum Gasteiger partial charge on any atom is -0.444 e. The highest BCUT2D eigenvalue weighted by atomic mass is 16.6. The second kappa shape index (κ2) is 6.96. The zero-order valence-corrected chi connectivity index (χ0v) is 16.3.